The lowest BCUT2D eigenvalue weighted by Crippen LogP contribution is -2.36. The lowest BCUT2D eigenvalue weighted by atomic mass is 10.0. The Morgan fingerprint density at radius 3 is 2.53 bits per heavy atom. The highest BCUT2D eigenvalue weighted by molar-refractivity contribution is 5.76. The first kappa shape index (κ1) is 22.0. The van der Waals surface area contributed by atoms with Crippen molar-refractivity contribution in [3.63, 3.8) is 0 Å². The fourth-order valence-corrected chi connectivity index (χ4v) is 4.03. The second kappa shape index (κ2) is 10.4. The Morgan fingerprint density at radius 1 is 1.12 bits per heavy atom. The van der Waals surface area contributed by atoms with Crippen molar-refractivity contribution in [2.24, 2.45) is 0 Å². The van der Waals surface area contributed by atoms with Gasteiger partial charge in [0, 0.05) is 24.9 Å². The molecule has 1 aromatic heterocycles. The van der Waals surface area contributed by atoms with E-state index in [2.05, 4.69) is 51.5 Å². The molecule has 1 atom stereocenters. The first-order chi connectivity index (χ1) is 15.6. The van der Waals surface area contributed by atoms with Crippen LogP contribution in [-0.2, 0) is 11.2 Å². The summed E-state index contributed by atoms with van der Waals surface area (Å²) in [6.45, 7) is 4.84. The number of carbonyl (C=O) groups excluding carboxylic acids is 1. The molecule has 1 saturated heterocycles. The molecule has 1 fully saturated rings. The molecule has 0 bridgehead atoms. The van der Waals surface area contributed by atoms with Crippen LogP contribution in [-0.4, -0.2) is 47.7 Å². The van der Waals surface area contributed by atoms with Gasteiger partial charge in [0.1, 0.15) is 5.75 Å². The van der Waals surface area contributed by atoms with Crippen molar-refractivity contribution in [1.29, 1.82) is 0 Å². The molecule has 0 saturated carbocycles. The standard InChI is InChI=1S/C25H30N4O3/c1-18-5-7-19(8-6-18)22(29-15-3-4-16-29)17-26-23(30)13-14-24-27-25(28-32-24)20-9-11-21(31-2)12-10-20/h5-12,22H,3-4,13-17H2,1-2H3,(H,26,30). The summed E-state index contributed by atoms with van der Waals surface area (Å²) in [5.74, 6) is 1.73. The molecule has 1 aliphatic heterocycles. The highest BCUT2D eigenvalue weighted by Gasteiger charge is 2.24. The maximum absolute atomic E-state index is 12.5. The van der Waals surface area contributed by atoms with Gasteiger partial charge in [0.05, 0.1) is 13.2 Å². The summed E-state index contributed by atoms with van der Waals surface area (Å²) in [7, 11) is 1.63. The van der Waals surface area contributed by atoms with Crippen molar-refractivity contribution in [3.05, 3.63) is 65.5 Å². The lowest BCUT2D eigenvalue weighted by molar-refractivity contribution is -0.121. The van der Waals surface area contributed by atoms with Crippen LogP contribution < -0.4 is 10.1 Å². The molecule has 2 aromatic carbocycles. The van der Waals surface area contributed by atoms with Crippen molar-refractivity contribution >= 4 is 5.91 Å². The number of rotatable bonds is 9. The van der Waals surface area contributed by atoms with Crippen LogP contribution >= 0.6 is 0 Å². The third kappa shape index (κ3) is 5.53. The van der Waals surface area contributed by atoms with Crippen molar-refractivity contribution in [2.45, 2.75) is 38.6 Å². The van der Waals surface area contributed by atoms with Gasteiger partial charge in [-0.15, -0.1) is 0 Å². The number of hydrogen-bond donors (Lipinski definition) is 1. The van der Waals surface area contributed by atoms with E-state index in [1.54, 1.807) is 7.11 Å². The zero-order valence-corrected chi connectivity index (χ0v) is 18.7. The highest BCUT2D eigenvalue weighted by Crippen LogP contribution is 2.25. The molecule has 0 radical (unpaired) electrons. The van der Waals surface area contributed by atoms with Crippen LogP contribution in [0.5, 0.6) is 5.75 Å². The molecule has 4 rings (SSSR count). The number of amides is 1. The van der Waals surface area contributed by atoms with Crippen LogP contribution in [0.15, 0.2) is 53.1 Å². The van der Waals surface area contributed by atoms with Crippen molar-refractivity contribution in [1.82, 2.24) is 20.4 Å². The summed E-state index contributed by atoms with van der Waals surface area (Å²) in [6.07, 6.45) is 3.15. The fraction of sp³-hybridized carbons (Fsp3) is 0.400. The molecule has 7 heteroatoms. The number of aryl methyl sites for hydroxylation is 2. The van der Waals surface area contributed by atoms with E-state index in [9.17, 15) is 4.79 Å². The average molecular weight is 435 g/mol. The molecule has 3 aromatic rings. The smallest absolute Gasteiger partial charge is 0.227 e. The normalized spacial score (nSPS) is 14.9. The number of methoxy groups -OCH3 is 1. The Hall–Kier alpha value is -3.19. The fourth-order valence-electron chi connectivity index (χ4n) is 4.03. The van der Waals surface area contributed by atoms with Crippen molar-refractivity contribution < 1.29 is 14.1 Å². The van der Waals surface area contributed by atoms with Gasteiger partial charge < -0.3 is 14.6 Å². The lowest BCUT2D eigenvalue weighted by Gasteiger charge is -2.28. The number of nitrogens with one attached hydrogen (secondary N) is 1. The van der Waals surface area contributed by atoms with Gasteiger partial charge >= 0.3 is 0 Å². The minimum Gasteiger partial charge on any atom is -0.497 e. The Bertz CT molecular complexity index is 1010. The van der Waals surface area contributed by atoms with Gasteiger partial charge in [-0.1, -0.05) is 35.0 Å². The monoisotopic (exact) mass is 434 g/mol. The molecular weight excluding hydrogens is 404 g/mol. The second-order valence-corrected chi connectivity index (χ2v) is 8.21. The number of aromatic nitrogens is 2. The number of ether oxygens (including phenoxy) is 1. The van der Waals surface area contributed by atoms with Crippen LogP contribution in [0.25, 0.3) is 11.4 Å². The minimum atomic E-state index is -0.00879. The average Bonchev–Trinajstić information content (AvgIpc) is 3.52. The third-order valence-corrected chi connectivity index (χ3v) is 5.92. The molecule has 0 aliphatic carbocycles. The summed E-state index contributed by atoms with van der Waals surface area (Å²) < 4.78 is 10.5. The summed E-state index contributed by atoms with van der Waals surface area (Å²) in [5, 5.41) is 7.14. The van der Waals surface area contributed by atoms with Gasteiger partial charge in [-0.05, 0) is 62.7 Å². The van der Waals surface area contributed by atoms with Crippen molar-refractivity contribution in [2.75, 3.05) is 26.7 Å². The van der Waals surface area contributed by atoms with Crippen LogP contribution in [0.3, 0.4) is 0 Å². The molecule has 1 unspecified atom stereocenters. The number of likely N-dealkylation sites (tertiary alicyclic amines) is 1. The molecular formula is C25H30N4O3. The topological polar surface area (TPSA) is 80.5 Å². The third-order valence-electron chi connectivity index (χ3n) is 5.92. The largest absolute Gasteiger partial charge is 0.497 e. The van der Waals surface area contributed by atoms with Gasteiger partial charge in [-0.3, -0.25) is 9.69 Å². The predicted molar refractivity (Wildman–Crippen MR) is 122 cm³/mol. The Labute approximate surface area is 188 Å². The molecule has 0 spiro atoms. The van der Waals surface area contributed by atoms with Crippen molar-refractivity contribution in [3.8, 4) is 17.1 Å². The van der Waals surface area contributed by atoms with Gasteiger partial charge in [0.15, 0.2) is 0 Å². The molecule has 32 heavy (non-hydrogen) atoms. The van der Waals surface area contributed by atoms with Crippen LogP contribution in [0.1, 0.15) is 42.3 Å². The van der Waals surface area contributed by atoms with Gasteiger partial charge in [0.25, 0.3) is 0 Å². The van der Waals surface area contributed by atoms with E-state index in [1.807, 2.05) is 24.3 Å². The summed E-state index contributed by atoms with van der Waals surface area (Å²) in [5.41, 5.74) is 3.34. The van der Waals surface area contributed by atoms with Gasteiger partial charge in [0.2, 0.25) is 17.6 Å². The zero-order chi connectivity index (χ0) is 22.3. The molecule has 1 aliphatic rings. The van der Waals surface area contributed by atoms with E-state index in [-0.39, 0.29) is 11.9 Å². The van der Waals surface area contributed by atoms with Crippen LogP contribution in [0.2, 0.25) is 0 Å². The quantitative estimate of drug-likeness (QED) is 0.549. The maximum Gasteiger partial charge on any atom is 0.227 e. The number of hydrogen-bond acceptors (Lipinski definition) is 6. The SMILES string of the molecule is COc1ccc(-c2noc(CCC(=O)NCC(c3ccc(C)cc3)N3CCCC3)n2)cc1. The molecule has 2 heterocycles. The summed E-state index contributed by atoms with van der Waals surface area (Å²) in [6, 6.07) is 16.3. The highest BCUT2D eigenvalue weighted by atomic mass is 16.5. The number of carbonyl (C=O) groups is 1. The van der Waals surface area contributed by atoms with E-state index in [0.717, 1.165) is 24.4 Å². The molecule has 1 N–H and O–H groups in total. The van der Waals surface area contributed by atoms with Gasteiger partial charge in [-0.25, -0.2) is 0 Å². The van der Waals surface area contributed by atoms with Crippen LogP contribution in [0, 0.1) is 6.92 Å². The number of benzene rings is 2. The van der Waals surface area contributed by atoms with Crippen LogP contribution in [0.4, 0.5) is 0 Å². The summed E-state index contributed by atoms with van der Waals surface area (Å²) >= 11 is 0. The predicted octanol–water partition coefficient (Wildman–Crippen LogP) is 3.94. The first-order valence-electron chi connectivity index (χ1n) is 11.2. The minimum absolute atomic E-state index is 0.00879. The Kier molecular flexibility index (Phi) is 7.17. The van der Waals surface area contributed by atoms with E-state index in [1.165, 1.54) is 24.0 Å². The Morgan fingerprint density at radius 2 is 1.84 bits per heavy atom. The first-order valence-corrected chi connectivity index (χ1v) is 11.2. The second-order valence-electron chi connectivity index (χ2n) is 8.21. The molecule has 1 amide bonds. The number of nitrogens with zero attached hydrogens (tertiary/aromatic N) is 3. The maximum atomic E-state index is 12.5. The molecule has 7 nitrogen and oxygen atoms in total. The van der Waals surface area contributed by atoms with E-state index >= 15 is 0 Å². The zero-order valence-electron chi connectivity index (χ0n) is 18.7. The van der Waals surface area contributed by atoms with E-state index in [4.69, 9.17) is 9.26 Å². The Balaban J connectivity index is 1.31. The summed E-state index contributed by atoms with van der Waals surface area (Å²) in [4.78, 5) is 19.4. The van der Waals surface area contributed by atoms with E-state index in [0.29, 0.717) is 31.1 Å². The van der Waals surface area contributed by atoms with Gasteiger partial charge in [-0.2, -0.15) is 4.98 Å². The van der Waals surface area contributed by atoms with E-state index < -0.39 is 0 Å². The molecule has 168 valence electrons.